The van der Waals surface area contributed by atoms with Crippen molar-refractivity contribution in [1.29, 1.82) is 0 Å². The number of thiazole rings is 1. The first kappa shape index (κ1) is 22.8. The Balaban J connectivity index is 1.23. The second-order valence-electron chi connectivity index (χ2n) is 8.41. The molecule has 0 spiro atoms. The fourth-order valence-corrected chi connectivity index (χ4v) is 6.00. The van der Waals surface area contributed by atoms with Gasteiger partial charge in [-0.05, 0) is 48.1 Å². The number of nitrogens with zero attached hydrogens (tertiary/aromatic N) is 4. The second kappa shape index (κ2) is 10.5. The van der Waals surface area contributed by atoms with Gasteiger partial charge in [-0.2, -0.15) is 4.98 Å². The topological polar surface area (TPSA) is 71.0 Å². The van der Waals surface area contributed by atoms with Gasteiger partial charge in [0.1, 0.15) is 16.1 Å². The SMILES string of the molecule is CCCCc1ccc(NC(=O)CSc2ncnc3nc(N4CCc5ccccc5C4)sc23)cc1. The largest absolute Gasteiger partial charge is 0.343 e. The molecule has 1 aliphatic rings. The zero-order valence-electron chi connectivity index (χ0n) is 19.2. The molecule has 3 heterocycles. The van der Waals surface area contributed by atoms with Gasteiger partial charge < -0.3 is 10.2 Å². The number of carbonyl (C=O) groups excluding carboxylic acids is 1. The number of anilines is 2. The fraction of sp³-hybridized carbons (Fsp3) is 0.308. The number of fused-ring (bicyclic) bond motifs is 2. The standard InChI is InChI=1S/C26H27N5OS2/c1-2-3-6-18-9-11-21(12-10-18)29-22(32)16-33-25-23-24(27-17-28-25)30-26(34-23)31-14-13-19-7-4-5-8-20(19)15-31/h4-5,7-12,17H,2-3,6,13-16H2,1H3,(H,29,32). The molecule has 2 aromatic carbocycles. The Morgan fingerprint density at radius 1 is 1.12 bits per heavy atom. The Morgan fingerprint density at radius 3 is 2.76 bits per heavy atom. The number of amides is 1. The molecule has 0 aliphatic carbocycles. The minimum Gasteiger partial charge on any atom is -0.343 e. The molecule has 0 bridgehead atoms. The quantitative estimate of drug-likeness (QED) is 0.252. The first-order valence-corrected chi connectivity index (χ1v) is 13.4. The average molecular weight is 490 g/mol. The van der Waals surface area contributed by atoms with Crippen LogP contribution in [0.5, 0.6) is 0 Å². The van der Waals surface area contributed by atoms with Gasteiger partial charge in [-0.1, -0.05) is 72.8 Å². The Labute approximate surface area is 207 Å². The Kier molecular flexibility index (Phi) is 7.06. The highest BCUT2D eigenvalue weighted by molar-refractivity contribution is 8.00. The van der Waals surface area contributed by atoms with Crippen molar-refractivity contribution in [2.45, 2.75) is 44.2 Å². The van der Waals surface area contributed by atoms with Crippen molar-refractivity contribution in [2.75, 3.05) is 22.5 Å². The molecule has 34 heavy (non-hydrogen) atoms. The van der Waals surface area contributed by atoms with E-state index >= 15 is 0 Å². The van der Waals surface area contributed by atoms with Gasteiger partial charge >= 0.3 is 0 Å². The zero-order chi connectivity index (χ0) is 23.3. The Hall–Kier alpha value is -2.97. The molecule has 1 aliphatic heterocycles. The van der Waals surface area contributed by atoms with E-state index in [1.165, 1.54) is 47.6 Å². The number of aromatic nitrogens is 3. The summed E-state index contributed by atoms with van der Waals surface area (Å²) >= 11 is 3.03. The average Bonchev–Trinajstić information content (AvgIpc) is 3.32. The number of carbonyl (C=O) groups is 1. The van der Waals surface area contributed by atoms with Crippen molar-refractivity contribution in [3.63, 3.8) is 0 Å². The van der Waals surface area contributed by atoms with E-state index in [1.54, 1.807) is 11.3 Å². The van der Waals surface area contributed by atoms with E-state index in [1.807, 2.05) is 12.1 Å². The van der Waals surface area contributed by atoms with Crippen LogP contribution in [-0.4, -0.2) is 33.2 Å². The van der Waals surface area contributed by atoms with E-state index in [-0.39, 0.29) is 11.7 Å². The number of nitrogens with one attached hydrogen (secondary N) is 1. The van der Waals surface area contributed by atoms with Crippen LogP contribution >= 0.6 is 23.1 Å². The maximum Gasteiger partial charge on any atom is 0.234 e. The zero-order valence-corrected chi connectivity index (χ0v) is 20.8. The lowest BCUT2D eigenvalue weighted by Gasteiger charge is -2.28. The van der Waals surface area contributed by atoms with E-state index in [0.717, 1.165) is 46.5 Å². The smallest absolute Gasteiger partial charge is 0.234 e. The molecule has 6 nitrogen and oxygen atoms in total. The summed E-state index contributed by atoms with van der Waals surface area (Å²) in [4.78, 5) is 28.4. The van der Waals surface area contributed by atoms with Crippen LogP contribution in [0, 0.1) is 0 Å². The van der Waals surface area contributed by atoms with Crippen LogP contribution < -0.4 is 10.2 Å². The lowest BCUT2D eigenvalue weighted by atomic mass is 10.0. The van der Waals surface area contributed by atoms with Crippen LogP contribution in [0.2, 0.25) is 0 Å². The van der Waals surface area contributed by atoms with Crippen LogP contribution in [0.4, 0.5) is 10.8 Å². The Morgan fingerprint density at radius 2 is 1.94 bits per heavy atom. The number of rotatable bonds is 8. The highest BCUT2D eigenvalue weighted by atomic mass is 32.2. The highest BCUT2D eigenvalue weighted by Crippen LogP contribution is 2.35. The third-order valence-electron chi connectivity index (χ3n) is 5.95. The third kappa shape index (κ3) is 5.23. The minimum atomic E-state index is -0.0459. The molecule has 8 heteroatoms. The lowest BCUT2D eigenvalue weighted by Crippen LogP contribution is -2.30. The molecule has 4 aromatic rings. The molecular weight excluding hydrogens is 462 g/mol. The van der Waals surface area contributed by atoms with Gasteiger partial charge in [0.2, 0.25) is 5.91 Å². The molecule has 0 saturated heterocycles. The summed E-state index contributed by atoms with van der Waals surface area (Å²) in [6, 6.07) is 16.7. The van der Waals surface area contributed by atoms with Crippen LogP contribution in [0.15, 0.2) is 59.9 Å². The Bertz CT molecular complexity index is 1290. The van der Waals surface area contributed by atoms with Crippen molar-refractivity contribution in [1.82, 2.24) is 15.0 Å². The van der Waals surface area contributed by atoms with Crippen LogP contribution in [0.3, 0.4) is 0 Å². The second-order valence-corrected chi connectivity index (χ2v) is 10.3. The van der Waals surface area contributed by atoms with Gasteiger partial charge in [-0.25, -0.2) is 9.97 Å². The van der Waals surface area contributed by atoms with Gasteiger partial charge in [0, 0.05) is 18.8 Å². The maximum absolute atomic E-state index is 12.6. The summed E-state index contributed by atoms with van der Waals surface area (Å²) in [5.41, 5.74) is 5.58. The van der Waals surface area contributed by atoms with E-state index in [4.69, 9.17) is 4.98 Å². The molecule has 0 atom stereocenters. The molecule has 1 amide bonds. The molecule has 5 rings (SSSR count). The molecule has 0 unspecified atom stereocenters. The van der Waals surface area contributed by atoms with Crippen LogP contribution in [0.25, 0.3) is 10.3 Å². The number of thioether (sulfide) groups is 1. The van der Waals surface area contributed by atoms with Crippen LogP contribution in [-0.2, 0) is 24.2 Å². The van der Waals surface area contributed by atoms with Gasteiger partial charge in [0.15, 0.2) is 10.8 Å². The third-order valence-corrected chi connectivity index (χ3v) is 8.18. The first-order valence-electron chi connectivity index (χ1n) is 11.6. The van der Waals surface area contributed by atoms with E-state index < -0.39 is 0 Å². The van der Waals surface area contributed by atoms with E-state index in [9.17, 15) is 4.79 Å². The lowest BCUT2D eigenvalue weighted by molar-refractivity contribution is -0.113. The van der Waals surface area contributed by atoms with Gasteiger partial charge in [0.25, 0.3) is 0 Å². The molecule has 1 N–H and O–H groups in total. The van der Waals surface area contributed by atoms with Crippen molar-refractivity contribution >= 4 is 50.2 Å². The van der Waals surface area contributed by atoms with Crippen LogP contribution in [0.1, 0.15) is 36.5 Å². The maximum atomic E-state index is 12.6. The molecule has 0 radical (unpaired) electrons. The molecule has 174 valence electrons. The molecule has 2 aromatic heterocycles. The highest BCUT2D eigenvalue weighted by Gasteiger charge is 2.21. The summed E-state index contributed by atoms with van der Waals surface area (Å²) < 4.78 is 0.939. The fourth-order valence-electron chi connectivity index (χ4n) is 4.09. The normalized spacial score (nSPS) is 13.1. The monoisotopic (exact) mass is 489 g/mol. The number of unbranched alkanes of at least 4 members (excludes halogenated alkanes) is 1. The summed E-state index contributed by atoms with van der Waals surface area (Å²) in [5, 5.41) is 4.75. The summed E-state index contributed by atoms with van der Waals surface area (Å²) in [5.74, 6) is 0.240. The van der Waals surface area contributed by atoms with Gasteiger partial charge in [-0.15, -0.1) is 0 Å². The summed E-state index contributed by atoms with van der Waals surface area (Å²) in [6.45, 7) is 3.98. The molecular formula is C26H27N5OS2. The van der Waals surface area contributed by atoms with E-state index in [2.05, 4.69) is 63.5 Å². The number of aryl methyl sites for hydroxylation is 1. The first-order chi connectivity index (χ1) is 16.7. The predicted molar refractivity (Wildman–Crippen MR) is 141 cm³/mol. The number of benzene rings is 2. The van der Waals surface area contributed by atoms with Crippen molar-refractivity contribution in [3.05, 3.63) is 71.5 Å². The predicted octanol–water partition coefficient (Wildman–Crippen LogP) is 5.72. The summed E-state index contributed by atoms with van der Waals surface area (Å²) in [7, 11) is 0. The minimum absolute atomic E-state index is 0.0459. The number of hydrogen-bond donors (Lipinski definition) is 1. The van der Waals surface area contributed by atoms with Gasteiger partial charge in [-0.3, -0.25) is 4.79 Å². The molecule has 0 fully saturated rings. The summed E-state index contributed by atoms with van der Waals surface area (Å²) in [6.07, 6.45) is 5.98. The molecule has 0 saturated carbocycles. The van der Waals surface area contributed by atoms with Crippen molar-refractivity contribution < 1.29 is 4.79 Å². The van der Waals surface area contributed by atoms with Crippen molar-refractivity contribution in [3.8, 4) is 0 Å². The van der Waals surface area contributed by atoms with Crippen molar-refractivity contribution in [2.24, 2.45) is 0 Å². The number of hydrogen-bond acceptors (Lipinski definition) is 7. The van der Waals surface area contributed by atoms with E-state index in [0.29, 0.717) is 5.65 Å². The van der Waals surface area contributed by atoms with Gasteiger partial charge in [0.05, 0.1) is 5.75 Å².